The van der Waals surface area contributed by atoms with Gasteiger partial charge < -0.3 is 0 Å². The third-order valence-electron chi connectivity index (χ3n) is 3.43. The molecule has 0 amide bonds. The average Bonchev–Trinajstić information content (AvgIpc) is 2.45. The van der Waals surface area contributed by atoms with Crippen LogP contribution in [0.5, 0.6) is 0 Å². The first-order valence-electron chi connectivity index (χ1n) is 6.66. The fraction of sp³-hybridized carbons (Fsp3) is 0.235. The smallest absolute Gasteiger partial charge is 0.0783 e. The highest BCUT2D eigenvalue weighted by Gasteiger charge is 2.02. The minimum Gasteiger partial charge on any atom is -0.252 e. The molecule has 0 aliphatic rings. The number of hydrogen-bond acceptors (Lipinski definition) is 1. The molecule has 0 aliphatic heterocycles. The summed E-state index contributed by atoms with van der Waals surface area (Å²) in [6.07, 6.45) is 3.51. The lowest BCUT2D eigenvalue weighted by Crippen LogP contribution is -1.91. The zero-order valence-electron chi connectivity index (χ0n) is 10.7. The molecule has 1 heteroatoms. The molecule has 3 rings (SSSR count). The Hall–Kier alpha value is -1.89. The van der Waals surface area contributed by atoms with Crippen LogP contribution in [0.2, 0.25) is 0 Å². The van der Waals surface area contributed by atoms with Gasteiger partial charge in [-0.05, 0) is 24.3 Å². The maximum Gasteiger partial charge on any atom is 0.0783 e. The van der Waals surface area contributed by atoms with Gasteiger partial charge in [0.1, 0.15) is 0 Å². The average molecular weight is 235 g/mol. The van der Waals surface area contributed by atoms with E-state index in [1.165, 1.54) is 34.7 Å². The normalized spacial score (nSPS) is 11.2. The summed E-state index contributed by atoms with van der Waals surface area (Å²) < 4.78 is 0. The Morgan fingerprint density at radius 3 is 2.56 bits per heavy atom. The van der Waals surface area contributed by atoms with Crippen molar-refractivity contribution in [2.75, 3.05) is 0 Å². The van der Waals surface area contributed by atoms with Crippen LogP contribution in [0.3, 0.4) is 0 Å². The molecule has 0 aliphatic carbocycles. The maximum atomic E-state index is 4.84. The number of unbranched alkanes of at least 4 members (excludes halogenated alkanes) is 1. The van der Waals surface area contributed by atoms with Gasteiger partial charge in [0, 0.05) is 16.5 Å². The molecule has 90 valence electrons. The fourth-order valence-electron chi connectivity index (χ4n) is 2.40. The molecule has 3 aromatic rings. The van der Waals surface area contributed by atoms with Gasteiger partial charge >= 0.3 is 0 Å². The summed E-state index contributed by atoms with van der Waals surface area (Å²) in [4.78, 5) is 4.84. The molecule has 0 radical (unpaired) electrons. The topological polar surface area (TPSA) is 12.9 Å². The summed E-state index contributed by atoms with van der Waals surface area (Å²) >= 11 is 0. The van der Waals surface area contributed by atoms with Crippen LogP contribution < -0.4 is 0 Å². The van der Waals surface area contributed by atoms with Crippen LogP contribution in [0.25, 0.3) is 21.7 Å². The van der Waals surface area contributed by atoms with E-state index in [2.05, 4.69) is 55.5 Å². The molecule has 1 aromatic heterocycles. The van der Waals surface area contributed by atoms with E-state index < -0.39 is 0 Å². The number of nitrogens with zero attached hydrogens (tertiary/aromatic N) is 1. The SMILES string of the molecule is CCCCc1ccc2ccc3ccccc3c2n1. The maximum absolute atomic E-state index is 4.84. The van der Waals surface area contributed by atoms with E-state index in [0.717, 1.165) is 11.9 Å². The Morgan fingerprint density at radius 1 is 0.889 bits per heavy atom. The summed E-state index contributed by atoms with van der Waals surface area (Å²) in [5, 5.41) is 3.76. The zero-order valence-corrected chi connectivity index (χ0v) is 10.7. The van der Waals surface area contributed by atoms with Gasteiger partial charge in [0.05, 0.1) is 5.52 Å². The van der Waals surface area contributed by atoms with Gasteiger partial charge in [-0.2, -0.15) is 0 Å². The summed E-state index contributed by atoms with van der Waals surface area (Å²) in [6, 6.07) is 17.2. The number of fused-ring (bicyclic) bond motifs is 3. The van der Waals surface area contributed by atoms with Crippen molar-refractivity contribution in [1.29, 1.82) is 0 Å². The van der Waals surface area contributed by atoms with Crippen LogP contribution in [-0.2, 0) is 6.42 Å². The molecule has 1 heterocycles. The number of rotatable bonds is 3. The van der Waals surface area contributed by atoms with Crippen molar-refractivity contribution in [3.05, 3.63) is 54.2 Å². The van der Waals surface area contributed by atoms with Crippen molar-refractivity contribution in [2.45, 2.75) is 26.2 Å². The van der Waals surface area contributed by atoms with E-state index in [1.54, 1.807) is 0 Å². The molecule has 0 N–H and O–H groups in total. The first kappa shape index (κ1) is 11.2. The third kappa shape index (κ3) is 1.97. The van der Waals surface area contributed by atoms with Crippen LogP contribution in [0, 0.1) is 0 Å². The van der Waals surface area contributed by atoms with Crippen LogP contribution in [0.1, 0.15) is 25.5 Å². The van der Waals surface area contributed by atoms with Crippen molar-refractivity contribution in [2.24, 2.45) is 0 Å². The number of aryl methyl sites for hydroxylation is 1. The molecular formula is C17H17N. The summed E-state index contributed by atoms with van der Waals surface area (Å²) in [5.74, 6) is 0. The van der Waals surface area contributed by atoms with Crippen molar-refractivity contribution in [3.63, 3.8) is 0 Å². The zero-order chi connectivity index (χ0) is 12.4. The largest absolute Gasteiger partial charge is 0.252 e. The minimum absolute atomic E-state index is 1.08. The fourth-order valence-corrected chi connectivity index (χ4v) is 2.40. The van der Waals surface area contributed by atoms with Crippen molar-refractivity contribution in [1.82, 2.24) is 4.98 Å². The third-order valence-corrected chi connectivity index (χ3v) is 3.43. The van der Waals surface area contributed by atoms with Gasteiger partial charge in [0.15, 0.2) is 0 Å². The second-order valence-electron chi connectivity index (χ2n) is 4.76. The van der Waals surface area contributed by atoms with E-state index in [9.17, 15) is 0 Å². The van der Waals surface area contributed by atoms with Gasteiger partial charge in [-0.15, -0.1) is 0 Å². The highest BCUT2D eigenvalue weighted by atomic mass is 14.7. The number of hydrogen-bond donors (Lipinski definition) is 0. The number of benzene rings is 2. The summed E-state index contributed by atoms with van der Waals surface area (Å²) in [5.41, 5.74) is 2.35. The molecular weight excluding hydrogens is 218 g/mol. The van der Waals surface area contributed by atoms with Crippen molar-refractivity contribution in [3.8, 4) is 0 Å². The van der Waals surface area contributed by atoms with Gasteiger partial charge in [0.25, 0.3) is 0 Å². The Bertz CT molecular complexity index is 685. The molecule has 0 unspecified atom stereocenters. The highest BCUT2D eigenvalue weighted by Crippen LogP contribution is 2.24. The Kier molecular flexibility index (Phi) is 2.97. The van der Waals surface area contributed by atoms with Crippen molar-refractivity contribution < 1.29 is 0 Å². The standard InChI is InChI=1S/C17H17N/c1-2-3-7-15-12-11-14-10-9-13-6-4-5-8-16(13)17(14)18-15/h4-6,8-12H,2-3,7H2,1H3. The van der Waals surface area contributed by atoms with Crippen LogP contribution in [0.15, 0.2) is 48.5 Å². The van der Waals surface area contributed by atoms with E-state index >= 15 is 0 Å². The van der Waals surface area contributed by atoms with E-state index in [1.807, 2.05) is 0 Å². The predicted octanol–water partition coefficient (Wildman–Crippen LogP) is 4.73. The van der Waals surface area contributed by atoms with Crippen LogP contribution in [-0.4, -0.2) is 4.98 Å². The van der Waals surface area contributed by atoms with Crippen LogP contribution in [0.4, 0.5) is 0 Å². The second-order valence-corrected chi connectivity index (χ2v) is 4.76. The summed E-state index contributed by atoms with van der Waals surface area (Å²) in [6.45, 7) is 2.22. The minimum atomic E-state index is 1.08. The molecule has 0 fully saturated rings. The second kappa shape index (κ2) is 4.77. The first-order valence-corrected chi connectivity index (χ1v) is 6.66. The predicted molar refractivity (Wildman–Crippen MR) is 77.9 cm³/mol. The monoisotopic (exact) mass is 235 g/mol. The quantitative estimate of drug-likeness (QED) is 0.598. The van der Waals surface area contributed by atoms with Gasteiger partial charge in [-0.25, -0.2) is 0 Å². The molecule has 0 saturated carbocycles. The van der Waals surface area contributed by atoms with E-state index in [-0.39, 0.29) is 0 Å². The van der Waals surface area contributed by atoms with Gasteiger partial charge in [-0.3, -0.25) is 4.98 Å². The lowest BCUT2D eigenvalue weighted by Gasteiger charge is -2.05. The molecule has 2 aromatic carbocycles. The summed E-state index contributed by atoms with van der Waals surface area (Å²) in [7, 11) is 0. The van der Waals surface area contributed by atoms with E-state index in [0.29, 0.717) is 0 Å². The lowest BCUT2D eigenvalue weighted by atomic mass is 10.1. The van der Waals surface area contributed by atoms with Crippen molar-refractivity contribution >= 4 is 21.7 Å². The number of pyridine rings is 1. The molecule has 18 heavy (non-hydrogen) atoms. The highest BCUT2D eigenvalue weighted by molar-refractivity contribution is 6.05. The Labute approximate surface area is 107 Å². The van der Waals surface area contributed by atoms with Gasteiger partial charge in [0.2, 0.25) is 0 Å². The first-order chi connectivity index (χ1) is 8.88. The molecule has 0 bridgehead atoms. The molecule has 0 spiro atoms. The van der Waals surface area contributed by atoms with Gasteiger partial charge in [-0.1, -0.05) is 55.8 Å². The van der Waals surface area contributed by atoms with Crippen LogP contribution >= 0.6 is 0 Å². The Balaban J connectivity index is 2.20. The van der Waals surface area contributed by atoms with E-state index in [4.69, 9.17) is 4.98 Å². The molecule has 0 saturated heterocycles. The Morgan fingerprint density at radius 2 is 1.67 bits per heavy atom. The molecule has 1 nitrogen and oxygen atoms in total. The lowest BCUT2D eigenvalue weighted by molar-refractivity contribution is 0.780. The molecule has 0 atom stereocenters. The number of aromatic nitrogens is 1.